The van der Waals surface area contributed by atoms with Gasteiger partial charge in [-0.3, -0.25) is 0 Å². The van der Waals surface area contributed by atoms with Crippen LogP contribution in [0.5, 0.6) is 0 Å². The lowest BCUT2D eigenvalue weighted by Gasteiger charge is -2.41. The summed E-state index contributed by atoms with van der Waals surface area (Å²) in [5, 5.41) is 18.6. The third kappa shape index (κ3) is 4.14. The Morgan fingerprint density at radius 1 is 1.39 bits per heavy atom. The van der Waals surface area contributed by atoms with Crippen LogP contribution < -0.4 is 0 Å². The fraction of sp³-hybridized carbons (Fsp3) is 0.923. The molecule has 18 heavy (non-hydrogen) atoms. The van der Waals surface area contributed by atoms with Gasteiger partial charge in [0.05, 0.1) is 6.61 Å². The Bertz CT molecular complexity index is 283. The fourth-order valence-corrected chi connectivity index (χ4v) is 2.34. The van der Waals surface area contributed by atoms with Crippen LogP contribution in [0.3, 0.4) is 0 Å². The van der Waals surface area contributed by atoms with Gasteiger partial charge in [-0.15, -0.1) is 0 Å². The van der Waals surface area contributed by atoms with Crippen molar-refractivity contribution in [3.63, 3.8) is 0 Å². The summed E-state index contributed by atoms with van der Waals surface area (Å²) in [5.41, 5.74) is -0.878. The third-order valence-corrected chi connectivity index (χ3v) is 3.29. The Morgan fingerprint density at radius 2 is 2.06 bits per heavy atom. The number of hydrogen-bond acceptors (Lipinski definition) is 4. The number of ether oxygens (including phenoxy) is 1. The average Bonchev–Trinajstić information content (AvgIpc) is 2.27. The van der Waals surface area contributed by atoms with Crippen LogP contribution in [0.25, 0.3) is 0 Å². The Labute approximate surface area is 109 Å². The van der Waals surface area contributed by atoms with E-state index in [9.17, 15) is 9.90 Å². The van der Waals surface area contributed by atoms with Crippen LogP contribution in [0.1, 0.15) is 40.0 Å². The predicted molar refractivity (Wildman–Crippen MR) is 68.3 cm³/mol. The van der Waals surface area contributed by atoms with Gasteiger partial charge in [0.15, 0.2) is 0 Å². The summed E-state index contributed by atoms with van der Waals surface area (Å²) >= 11 is 0. The van der Waals surface area contributed by atoms with Gasteiger partial charge in [-0.2, -0.15) is 0 Å². The number of piperidine rings is 1. The Hall–Kier alpha value is -0.810. The highest BCUT2D eigenvalue weighted by Gasteiger charge is 2.37. The summed E-state index contributed by atoms with van der Waals surface area (Å²) in [6, 6.07) is 0. The maximum Gasteiger partial charge on any atom is 0.410 e. The highest BCUT2D eigenvalue weighted by atomic mass is 16.6. The summed E-state index contributed by atoms with van der Waals surface area (Å²) < 4.78 is 5.34. The highest BCUT2D eigenvalue weighted by Crippen LogP contribution is 2.33. The quantitative estimate of drug-likeness (QED) is 0.803. The van der Waals surface area contributed by atoms with Gasteiger partial charge in [-0.25, -0.2) is 4.79 Å². The van der Waals surface area contributed by atoms with Crippen molar-refractivity contribution in [2.24, 2.45) is 5.41 Å². The van der Waals surface area contributed by atoms with Gasteiger partial charge >= 0.3 is 6.09 Å². The number of rotatable bonds is 3. The van der Waals surface area contributed by atoms with E-state index in [-0.39, 0.29) is 24.7 Å². The number of carbonyl (C=O) groups is 1. The van der Waals surface area contributed by atoms with Crippen LogP contribution in [-0.4, -0.2) is 53.1 Å². The molecule has 0 radical (unpaired) electrons. The summed E-state index contributed by atoms with van der Waals surface area (Å²) in [6.07, 6.45) is 1.85. The normalized spacial score (nSPS) is 25.1. The largest absolute Gasteiger partial charge is 0.444 e. The van der Waals surface area contributed by atoms with E-state index in [4.69, 9.17) is 9.84 Å². The van der Waals surface area contributed by atoms with Crippen molar-refractivity contribution in [3.05, 3.63) is 0 Å². The maximum absolute atomic E-state index is 12.0. The van der Waals surface area contributed by atoms with E-state index in [1.165, 1.54) is 0 Å². The zero-order chi connectivity index (χ0) is 13.8. The van der Waals surface area contributed by atoms with E-state index in [0.29, 0.717) is 19.5 Å². The van der Waals surface area contributed by atoms with Crippen LogP contribution in [-0.2, 0) is 4.74 Å². The second-order valence-corrected chi connectivity index (χ2v) is 6.14. The zero-order valence-corrected chi connectivity index (χ0v) is 11.6. The number of aliphatic hydroxyl groups excluding tert-OH is 2. The molecule has 1 unspecified atom stereocenters. The summed E-state index contributed by atoms with van der Waals surface area (Å²) in [5.74, 6) is 0. The molecule has 1 aliphatic heterocycles. The Morgan fingerprint density at radius 3 is 2.56 bits per heavy atom. The Kier molecular flexibility index (Phi) is 4.99. The number of amides is 1. The topological polar surface area (TPSA) is 70.0 Å². The lowest BCUT2D eigenvalue weighted by molar-refractivity contribution is -0.0158. The molecule has 1 atom stereocenters. The second kappa shape index (κ2) is 5.89. The SMILES string of the molecule is CC(C)(C)OC(=O)N1CCCC(CO)(CCO)C1. The van der Waals surface area contributed by atoms with E-state index < -0.39 is 5.60 Å². The van der Waals surface area contributed by atoms with Gasteiger partial charge in [0.25, 0.3) is 0 Å². The molecule has 106 valence electrons. The smallest absolute Gasteiger partial charge is 0.410 e. The lowest BCUT2D eigenvalue weighted by atomic mass is 9.78. The van der Waals surface area contributed by atoms with Crippen LogP contribution in [0.2, 0.25) is 0 Å². The molecule has 0 spiro atoms. The molecule has 1 fully saturated rings. The van der Waals surface area contributed by atoms with Crippen molar-refractivity contribution in [2.45, 2.75) is 45.6 Å². The molecular formula is C13H25NO4. The molecule has 0 aliphatic carbocycles. The first-order chi connectivity index (χ1) is 8.32. The van der Waals surface area contributed by atoms with E-state index >= 15 is 0 Å². The molecule has 0 aromatic rings. The minimum absolute atomic E-state index is 0.00709. The number of hydrogen-bond donors (Lipinski definition) is 2. The molecule has 1 saturated heterocycles. The van der Waals surface area contributed by atoms with Crippen molar-refractivity contribution in [1.82, 2.24) is 4.90 Å². The highest BCUT2D eigenvalue weighted by molar-refractivity contribution is 5.68. The van der Waals surface area contributed by atoms with Gasteiger partial charge in [-0.05, 0) is 40.0 Å². The summed E-state index contributed by atoms with van der Waals surface area (Å²) in [6.45, 7) is 6.64. The minimum atomic E-state index is -0.507. The molecule has 1 amide bonds. The first-order valence-electron chi connectivity index (χ1n) is 6.52. The second-order valence-electron chi connectivity index (χ2n) is 6.14. The fourth-order valence-electron chi connectivity index (χ4n) is 2.34. The Balaban J connectivity index is 2.65. The van der Waals surface area contributed by atoms with Crippen molar-refractivity contribution >= 4 is 6.09 Å². The molecule has 1 heterocycles. The monoisotopic (exact) mass is 259 g/mol. The summed E-state index contributed by atoms with van der Waals surface area (Å²) in [4.78, 5) is 13.6. The van der Waals surface area contributed by atoms with Crippen molar-refractivity contribution < 1.29 is 19.7 Å². The molecule has 2 N–H and O–H groups in total. The average molecular weight is 259 g/mol. The van der Waals surface area contributed by atoms with Crippen LogP contribution >= 0.6 is 0 Å². The van der Waals surface area contributed by atoms with E-state index in [1.54, 1.807) is 4.90 Å². The van der Waals surface area contributed by atoms with Crippen LogP contribution in [0, 0.1) is 5.41 Å². The number of likely N-dealkylation sites (tertiary alicyclic amines) is 1. The number of nitrogens with zero attached hydrogens (tertiary/aromatic N) is 1. The molecule has 5 nitrogen and oxygen atoms in total. The molecule has 0 aromatic heterocycles. The number of carbonyl (C=O) groups excluding carboxylic acids is 1. The minimum Gasteiger partial charge on any atom is -0.444 e. The molecule has 0 aromatic carbocycles. The van der Waals surface area contributed by atoms with E-state index in [1.807, 2.05) is 20.8 Å². The number of aliphatic hydroxyl groups is 2. The standard InChI is InChI=1S/C13H25NO4/c1-12(2,3)18-11(17)14-7-4-5-13(9-14,10-16)6-8-15/h15-16H,4-10H2,1-3H3. The van der Waals surface area contributed by atoms with E-state index in [0.717, 1.165) is 12.8 Å². The molecule has 1 rings (SSSR count). The van der Waals surface area contributed by atoms with E-state index in [2.05, 4.69) is 0 Å². The molecular weight excluding hydrogens is 234 g/mol. The molecule has 0 bridgehead atoms. The van der Waals surface area contributed by atoms with Gasteiger partial charge in [-0.1, -0.05) is 0 Å². The third-order valence-electron chi connectivity index (χ3n) is 3.29. The van der Waals surface area contributed by atoms with Crippen LogP contribution in [0.15, 0.2) is 0 Å². The molecule has 5 heteroatoms. The van der Waals surface area contributed by atoms with Gasteiger partial charge in [0, 0.05) is 25.1 Å². The summed E-state index contributed by atoms with van der Waals surface area (Å²) in [7, 11) is 0. The molecule has 1 aliphatic rings. The van der Waals surface area contributed by atoms with Gasteiger partial charge in [0.2, 0.25) is 0 Å². The molecule has 0 saturated carbocycles. The first kappa shape index (κ1) is 15.2. The lowest BCUT2D eigenvalue weighted by Crippen LogP contribution is -2.49. The van der Waals surface area contributed by atoms with Gasteiger partial charge < -0.3 is 19.8 Å². The maximum atomic E-state index is 12.0. The predicted octanol–water partition coefficient (Wildman–Crippen LogP) is 1.38. The van der Waals surface area contributed by atoms with Gasteiger partial charge in [0.1, 0.15) is 5.60 Å². The zero-order valence-electron chi connectivity index (χ0n) is 11.6. The van der Waals surface area contributed by atoms with Crippen molar-refractivity contribution in [1.29, 1.82) is 0 Å². The van der Waals surface area contributed by atoms with Crippen molar-refractivity contribution in [2.75, 3.05) is 26.3 Å². The van der Waals surface area contributed by atoms with Crippen molar-refractivity contribution in [3.8, 4) is 0 Å². The van der Waals surface area contributed by atoms with Crippen LogP contribution in [0.4, 0.5) is 4.79 Å². The first-order valence-corrected chi connectivity index (χ1v) is 6.52.